The zero-order valence-corrected chi connectivity index (χ0v) is 11.4. The molecule has 2 atom stereocenters. The molecule has 2 unspecified atom stereocenters. The maximum atomic E-state index is 9.70. The number of rotatable bonds is 5. The van der Waals surface area contributed by atoms with Crippen LogP contribution in [-0.2, 0) is 6.54 Å². The molecule has 1 aliphatic carbocycles. The van der Waals surface area contributed by atoms with Crippen molar-refractivity contribution in [1.29, 1.82) is 0 Å². The standard InChI is InChI=1S/C14H21NO.ClH/c1-3-4-11-8-13(11)15-9-12-7-10(2)5-6-14(12)16;/h5-7,11,13,15-16H,3-4,8-9H2,1-2H3;1H. The average molecular weight is 256 g/mol. The first-order valence-electron chi connectivity index (χ1n) is 6.22. The van der Waals surface area contributed by atoms with Crippen LogP contribution >= 0.6 is 12.4 Å². The summed E-state index contributed by atoms with van der Waals surface area (Å²) in [6, 6.07) is 6.46. The number of phenols is 1. The summed E-state index contributed by atoms with van der Waals surface area (Å²) in [5, 5.41) is 13.2. The topological polar surface area (TPSA) is 32.3 Å². The van der Waals surface area contributed by atoms with E-state index in [0.717, 1.165) is 18.0 Å². The third-order valence-corrected chi connectivity index (χ3v) is 3.37. The van der Waals surface area contributed by atoms with E-state index in [9.17, 15) is 5.11 Å². The van der Waals surface area contributed by atoms with Crippen molar-refractivity contribution in [2.75, 3.05) is 0 Å². The Morgan fingerprint density at radius 3 is 2.88 bits per heavy atom. The van der Waals surface area contributed by atoms with Gasteiger partial charge in [0.2, 0.25) is 0 Å². The molecule has 2 nitrogen and oxygen atoms in total. The fourth-order valence-corrected chi connectivity index (χ4v) is 2.28. The minimum Gasteiger partial charge on any atom is -0.508 e. The molecule has 0 bridgehead atoms. The largest absolute Gasteiger partial charge is 0.508 e. The number of nitrogens with one attached hydrogen (secondary N) is 1. The Balaban J connectivity index is 0.00000144. The molecule has 0 aromatic heterocycles. The predicted octanol–water partition coefficient (Wildman–Crippen LogP) is 3.40. The molecule has 17 heavy (non-hydrogen) atoms. The minimum atomic E-state index is 0. The highest BCUT2D eigenvalue weighted by molar-refractivity contribution is 5.85. The predicted molar refractivity (Wildman–Crippen MR) is 73.7 cm³/mol. The van der Waals surface area contributed by atoms with E-state index >= 15 is 0 Å². The van der Waals surface area contributed by atoms with Crippen LogP contribution in [0, 0.1) is 12.8 Å². The molecule has 1 fully saturated rings. The first kappa shape index (κ1) is 14.3. The van der Waals surface area contributed by atoms with Gasteiger partial charge in [-0.05, 0) is 31.7 Å². The van der Waals surface area contributed by atoms with Gasteiger partial charge < -0.3 is 10.4 Å². The third kappa shape index (κ3) is 3.90. The van der Waals surface area contributed by atoms with Crippen LogP contribution in [0.1, 0.15) is 37.3 Å². The Hall–Kier alpha value is -0.730. The third-order valence-electron chi connectivity index (χ3n) is 3.37. The summed E-state index contributed by atoms with van der Waals surface area (Å²) >= 11 is 0. The monoisotopic (exact) mass is 255 g/mol. The molecule has 1 saturated carbocycles. The van der Waals surface area contributed by atoms with E-state index in [1.807, 2.05) is 6.07 Å². The maximum Gasteiger partial charge on any atom is 0.120 e. The summed E-state index contributed by atoms with van der Waals surface area (Å²) in [5.74, 6) is 1.28. The van der Waals surface area contributed by atoms with Gasteiger partial charge in [0.25, 0.3) is 0 Å². The van der Waals surface area contributed by atoms with Gasteiger partial charge in [-0.3, -0.25) is 0 Å². The molecular formula is C14H22ClNO. The van der Waals surface area contributed by atoms with Crippen molar-refractivity contribution in [3.8, 4) is 5.75 Å². The number of hydrogen-bond donors (Lipinski definition) is 2. The van der Waals surface area contributed by atoms with Gasteiger partial charge in [0.15, 0.2) is 0 Å². The molecular weight excluding hydrogens is 234 g/mol. The second-order valence-electron chi connectivity index (χ2n) is 4.90. The number of aryl methyl sites for hydroxylation is 1. The lowest BCUT2D eigenvalue weighted by molar-refractivity contribution is 0.463. The molecule has 0 spiro atoms. The van der Waals surface area contributed by atoms with E-state index in [1.54, 1.807) is 6.07 Å². The number of hydrogen-bond acceptors (Lipinski definition) is 2. The Labute approximate surface area is 110 Å². The van der Waals surface area contributed by atoms with Crippen molar-refractivity contribution in [2.24, 2.45) is 5.92 Å². The summed E-state index contributed by atoms with van der Waals surface area (Å²) in [7, 11) is 0. The lowest BCUT2D eigenvalue weighted by Crippen LogP contribution is -2.17. The summed E-state index contributed by atoms with van der Waals surface area (Å²) in [6.45, 7) is 5.08. The average Bonchev–Trinajstić information content (AvgIpc) is 2.99. The highest BCUT2D eigenvalue weighted by Crippen LogP contribution is 2.35. The zero-order chi connectivity index (χ0) is 11.5. The van der Waals surface area contributed by atoms with Gasteiger partial charge in [0.1, 0.15) is 5.75 Å². The summed E-state index contributed by atoms with van der Waals surface area (Å²) in [5.41, 5.74) is 2.22. The first-order valence-corrected chi connectivity index (χ1v) is 6.22. The molecule has 2 rings (SSSR count). The van der Waals surface area contributed by atoms with E-state index in [1.165, 1.54) is 24.8 Å². The Morgan fingerprint density at radius 1 is 1.41 bits per heavy atom. The van der Waals surface area contributed by atoms with Crippen LogP contribution < -0.4 is 5.32 Å². The summed E-state index contributed by atoms with van der Waals surface area (Å²) < 4.78 is 0. The molecule has 3 heteroatoms. The first-order chi connectivity index (χ1) is 7.70. The van der Waals surface area contributed by atoms with E-state index in [0.29, 0.717) is 11.8 Å². The van der Waals surface area contributed by atoms with Crippen molar-refractivity contribution in [3.05, 3.63) is 29.3 Å². The van der Waals surface area contributed by atoms with Crippen molar-refractivity contribution < 1.29 is 5.11 Å². The van der Waals surface area contributed by atoms with Gasteiger partial charge in [-0.1, -0.05) is 31.0 Å². The van der Waals surface area contributed by atoms with Gasteiger partial charge in [-0.25, -0.2) is 0 Å². The van der Waals surface area contributed by atoms with Crippen LogP contribution in [0.2, 0.25) is 0 Å². The van der Waals surface area contributed by atoms with E-state index in [2.05, 4.69) is 25.2 Å². The molecule has 1 aromatic rings. The lowest BCUT2D eigenvalue weighted by Gasteiger charge is -2.07. The van der Waals surface area contributed by atoms with Gasteiger partial charge in [-0.15, -0.1) is 12.4 Å². The summed E-state index contributed by atoms with van der Waals surface area (Å²) in [4.78, 5) is 0. The highest BCUT2D eigenvalue weighted by Gasteiger charge is 2.35. The van der Waals surface area contributed by atoms with Crippen LogP contribution in [-0.4, -0.2) is 11.1 Å². The number of aromatic hydroxyl groups is 1. The van der Waals surface area contributed by atoms with Crippen LogP contribution in [0.5, 0.6) is 5.75 Å². The van der Waals surface area contributed by atoms with Gasteiger partial charge >= 0.3 is 0 Å². The summed E-state index contributed by atoms with van der Waals surface area (Å²) in [6.07, 6.45) is 3.91. The lowest BCUT2D eigenvalue weighted by atomic mass is 10.1. The van der Waals surface area contributed by atoms with E-state index in [-0.39, 0.29) is 12.4 Å². The van der Waals surface area contributed by atoms with Gasteiger partial charge in [0, 0.05) is 18.2 Å². The second-order valence-corrected chi connectivity index (χ2v) is 4.90. The SMILES string of the molecule is CCCC1CC1NCc1cc(C)ccc1O.Cl. The molecule has 1 aliphatic rings. The number of benzene rings is 1. The zero-order valence-electron chi connectivity index (χ0n) is 10.6. The van der Waals surface area contributed by atoms with Crippen molar-refractivity contribution in [3.63, 3.8) is 0 Å². The van der Waals surface area contributed by atoms with Gasteiger partial charge in [-0.2, -0.15) is 0 Å². The van der Waals surface area contributed by atoms with Crippen LogP contribution in [0.15, 0.2) is 18.2 Å². The smallest absolute Gasteiger partial charge is 0.120 e. The normalized spacial score (nSPS) is 22.0. The Morgan fingerprint density at radius 2 is 2.18 bits per heavy atom. The molecule has 0 amide bonds. The fraction of sp³-hybridized carbons (Fsp3) is 0.571. The number of phenolic OH excluding ortho intramolecular Hbond substituents is 1. The van der Waals surface area contributed by atoms with Crippen LogP contribution in [0.3, 0.4) is 0 Å². The fourth-order valence-electron chi connectivity index (χ4n) is 2.28. The quantitative estimate of drug-likeness (QED) is 0.845. The Bertz CT molecular complexity index is 367. The van der Waals surface area contributed by atoms with Crippen LogP contribution in [0.25, 0.3) is 0 Å². The molecule has 0 radical (unpaired) electrons. The van der Waals surface area contributed by atoms with E-state index in [4.69, 9.17) is 0 Å². The Kier molecular flexibility index (Phi) is 5.29. The van der Waals surface area contributed by atoms with Crippen molar-refractivity contribution in [1.82, 2.24) is 5.32 Å². The van der Waals surface area contributed by atoms with Crippen LogP contribution in [0.4, 0.5) is 0 Å². The molecule has 2 N–H and O–H groups in total. The molecule has 0 heterocycles. The van der Waals surface area contributed by atoms with Crippen molar-refractivity contribution >= 4 is 12.4 Å². The minimum absolute atomic E-state index is 0. The number of halogens is 1. The highest BCUT2D eigenvalue weighted by atomic mass is 35.5. The van der Waals surface area contributed by atoms with Crippen molar-refractivity contribution in [2.45, 2.75) is 45.7 Å². The molecule has 0 saturated heterocycles. The van der Waals surface area contributed by atoms with Gasteiger partial charge in [0.05, 0.1) is 0 Å². The second kappa shape index (κ2) is 6.27. The molecule has 0 aliphatic heterocycles. The van der Waals surface area contributed by atoms with E-state index < -0.39 is 0 Å². The molecule has 1 aromatic carbocycles. The molecule has 96 valence electrons. The maximum absolute atomic E-state index is 9.70.